The van der Waals surface area contributed by atoms with Gasteiger partial charge >= 0.3 is 5.97 Å². The first-order valence-electron chi connectivity index (χ1n) is 10.9. The number of hydrogen-bond acceptors (Lipinski definition) is 3. The van der Waals surface area contributed by atoms with Gasteiger partial charge in [-0.05, 0) is 99.2 Å². The molecule has 0 unspecified atom stereocenters. The van der Waals surface area contributed by atoms with Crippen LogP contribution in [0.15, 0.2) is 0 Å². The number of ether oxygens (including phenoxy) is 1. The van der Waals surface area contributed by atoms with E-state index in [1.54, 1.807) is 6.92 Å². The molecule has 4 saturated carbocycles. The number of esters is 1. The van der Waals surface area contributed by atoms with Crippen LogP contribution in [0.3, 0.4) is 0 Å². The van der Waals surface area contributed by atoms with Gasteiger partial charge in [0.15, 0.2) is 11.4 Å². The quantitative estimate of drug-likeness (QED) is 0.627. The Hall–Kier alpha value is -0.860. The largest absolute Gasteiger partial charge is 0.451 e. The molecule has 0 aromatic carbocycles. The van der Waals surface area contributed by atoms with E-state index in [0.717, 1.165) is 37.0 Å². The molecule has 26 heavy (non-hydrogen) atoms. The first-order valence-corrected chi connectivity index (χ1v) is 10.9. The molecule has 3 heteroatoms. The molecule has 4 aliphatic rings. The number of carbonyl (C=O) groups is 2. The molecule has 0 spiro atoms. The van der Waals surface area contributed by atoms with Gasteiger partial charge in [0.1, 0.15) is 0 Å². The van der Waals surface area contributed by atoms with Crippen LogP contribution >= 0.6 is 0 Å². The summed E-state index contributed by atoms with van der Waals surface area (Å²) < 4.78 is 5.67. The molecule has 146 valence electrons. The second kappa shape index (κ2) is 6.07. The molecular formula is C23H36O3. The fourth-order valence-electron chi connectivity index (χ4n) is 7.98. The third-order valence-corrected chi connectivity index (χ3v) is 9.47. The zero-order chi connectivity index (χ0) is 18.7. The van der Waals surface area contributed by atoms with Crippen LogP contribution in [0.2, 0.25) is 0 Å². The van der Waals surface area contributed by atoms with Crippen molar-refractivity contribution in [3.8, 4) is 0 Å². The van der Waals surface area contributed by atoms with Gasteiger partial charge in [-0.3, -0.25) is 9.59 Å². The molecule has 4 aliphatic carbocycles. The molecule has 0 saturated heterocycles. The Kier molecular flexibility index (Phi) is 4.32. The van der Waals surface area contributed by atoms with Crippen molar-refractivity contribution in [2.24, 2.45) is 34.5 Å². The van der Waals surface area contributed by atoms with Gasteiger partial charge in [-0.15, -0.1) is 0 Å². The molecule has 0 aromatic rings. The predicted molar refractivity (Wildman–Crippen MR) is 102 cm³/mol. The van der Waals surface area contributed by atoms with Gasteiger partial charge in [0, 0.05) is 6.92 Å². The summed E-state index contributed by atoms with van der Waals surface area (Å²) in [4.78, 5) is 24.1. The van der Waals surface area contributed by atoms with Gasteiger partial charge in [0.2, 0.25) is 0 Å². The van der Waals surface area contributed by atoms with Crippen molar-refractivity contribution in [1.29, 1.82) is 0 Å². The smallest absolute Gasteiger partial charge is 0.303 e. The van der Waals surface area contributed by atoms with Crippen LogP contribution in [-0.2, 0) is 14.3 Å². The Bertz CT molecular complexity index is 613. The molecule has 7 atom stereocenters. The Balaban J connectivity index is 1.59. The molecule has 0 aromatic heterocycles. The highest BCUT2D eigenvalue weighted by molar-refractivity contribution is 5.87. The van der Waals surface area contributed by atoms with Crippen LogP contribution in [0.1, 0.15) is 91.9 Å². The summed E-state index contributed by atoms with van der Waals surface area (Å²) in [5.74, 6) is 2.87. The van der Waals surface area contributed by atoms with Crippen LogP contribution in [-0.4, -0.2) is 17.4 Å². The van der Waals surface area contributed by atoms with Gasteiger partial charge in [-0.1, -0.05) is 20.3 Å². The van der Waals surface area contributed by atoms with Gasteiger partial charge in [0.05, 0.1) is 0 Å². The standard InChI is InChI=1S/C23H36O3/c1-15(24)23(26-16(2)25)13-12-22(4)17(14-23)7-8-18-19-6-5-10-21(19,3)11-9-20(18)22/h17-20H,5-14H2,1-4H3/t17-,18-,19-,20-,21-,22-,23+/m0/s1. The van der Waals surface area contributed by atoms with Crippen LogP contribution in [0, 0.1) is 34.5 Å². The van der Waals surface area contributed by atoms with Gasteiger partial charge < -0.3 is 4.74 Å². The number of Topliss-reactive ketones (excluding diaryl/α,β-unsaturated/α-hetero) is 1. The van der Waals surface area contributed by atoms with E-state index in [9.17, 15) is 9.59 Å². The number of hydrogen-bond donors (Lipinski definition) is 0. The van der Waals surface area contributed by atoms with Crippen LogP contribution in [0.25, 0.3) is 0 Å². The maximum absolute atomic E-state index is 12.4. The lowest BCUT2D eigenvalue weighted by Gasteiger charge is -2.61. The van der Waals surface area contributed by atoms with E-state index in [1.165, 1.54) is 51.9 Å². The van der Waals surface area contributed by atoms with E-state index in [-0.39, 0.29) is 11.8 Å². The molecule has 4 rings (SSSR count). The number of ketones is 1. The first-order chi connectivity index (χ1) is 12.2. The van der Waals surface area contributed by atoms with Gasteiger partial charge in [-0.2, -0.15) is 0 Å². The van der Waals surface area contributed by atoms with Crippen molar-refractivity contribution in [1.82, 2.24) is 0 Å². The fraction of sp³-hybridized carbons (Fsp3) is 0.913. The molecular weight excluding hydrogens is 324 g/mol. The average molecular weight is 361 g/mol. The number of rotatable bonds is 2. The van der Waals surface area contributed by atoms with Gasteiger partial charge in [0.25, 0.3) is 0 Å². The molecule has 0 N–H and O–H groups in total. The van der Waals surface area contributed by atoms with E-state index >= 15 is 0 Å². The van der Waals surface area contributed by atoms with Crippen LogP contribution in [0.4, 0.5) is 0 Å². The summed E-state index contributed by atoms with van der Waals surface area (Å²) in [6.45, 7) is 8.11. The summed E-state index contributed by atoms with van der Waals surface area (Å²) in [5.41, 5.74) is 0.0746. The summed E-state index contributed by atoms with van der Waals surface area (Å²) in [5, 5.41) is 0. The minimum absolute atomic E-state index is 0.0453. The van der Waals surface area contributed by atoms with Crippen LogP contribution in [0.5, 0.6) is 0 Å². The Labute approximate surface area is 158 Å². The highest BCUT2D eigenvalue weighted by atomic mass is 16.6. The Morgan fingerprint density at radius 1 is 0.885 bits per heavy atom. The third kappa shape index (κ3) is 2.59. The lowest BCUT2D eigenvalue weighted by molar-refractivity contribution is -0.186. The highest BCUT2D eigenvalue weighted by Gasteiger charge is 2.60. The zero-order valence-electron chi connectivity index (χ0n) is 17.1. The highest BCUT2D eigenvalue weighted by Crippen LogP contribution is 2.67. The second-order valence-electron chi connectivity index (χ2n) is 10.6. The number of fused-ring (bicyclic) bond motifs is 5. The Morgan fingerprint density at radius 3 is 2.35 bits per heavy atom. The van der Waals surface area contributed by atoms with Crippen molar-refractivity contribution in [2.45, 2.75) is 97.5 Å². The maximum atomic E-state index is 12.4. The van der Waals surface area contributed by atoms with Gasteiger partial charge in [-0.25, -0.2) is 0 Å². The van der Waals surface area contributed by atoms with Crippen molar-refractivity contribution in [3.63, 3.8) is 0 Å². The lowest BCUT2D eigenvalue weighted by atomic mass is 9.44. The summed E-state index contributed by atoms with van der Waals surface area (Å²) in [6, 6.07) is 0. The van der Waals surface area contributed by atoms with E-state index in [0.29, 0.717) is 16.7 Å². The van der Waals surface area contributed by atoms with Crippen molar-refractivity contribution >= 4 is 11.8 Å². The van der Waals surface area contributed by atoms with Crippen molar-refractivity contribution in [2.75, 3.05) is 0 Å². The van der Waals surface area contributed by atoms with Crippen LogP contribution < -0.4 is 0 Å². The van der Waals surface area contributed by atoms with E-state index in [4.69, 9.17) is 4.74 Å². The minimum atomic E-state index is -0.848. The summed E-state index contributed by atoms with van der Waals surface area (Å²) >= 11 is 0. The number of carbonyl (C=O) groups excluding carboxylic acids is 2. The van der Waals surface area contributed by atoms with E-state index in [1.807, 2.05) is 0 Å². The maximum Gasteiger partial charge on any atom is 0.303 e. The van der Waals surface area contributed by atoms with Crippen molar-refractivity contribution in [3.05, 3.63) is 0 Å². The molecule has 0 aliphatic heterocycles. The molecule has 4 fully saturated rings. The monoisotopic (exact) mass is 360 g/mol. The molecule has 3 nitrogen and oxygen atoms in total. The predicted octanol–water partition coefficient (Wildman–Crippen LogP) is 5.31. The fourth-order valence-corrected chi connectivity index (χ4v) is 7.98. The SMILES string of the molecule is CC(=O)O[C@]1(C(C)=O)CC[C@@]2(C)[C@@H](CC[C@H]3[C@@H]4CCC[C@@]4(C)CC[C@@H]32)C1. The second-order valence-corrected chi connectivity index (χ2v) is 10.6. The topological polar surface area (TPSA) is 43.4 Å². The molecule has 0 radical (unpaired) electrons. The third-order valence-electron chi connectivity index (χ3n) is 9.47. The summed E-state index contributed by atoms with van der Waals surface area (Å²) in [7, 11) is 0. The molecule has 0 heterocycles. The van der Waals surface area contributed by atoms with E-state index in [2.05, 4.69) is 13.8 Å². The molecule has 0 amide bonds. The first kappa shape index (κ1) is 18.5. The summed E-state index contributed by atoms with van der Waals surface area (Å²) in [6.07, 6.45) is 12.1. The normalized spacial score (nSPS) is 50.3. The Morgan fingerprint density at radius 2 is 1.65 bits per heavy atom. The minimum Gasteiger partial charge on any atom is -0.451 e. The lowest BCUT2D eigenvalue weighted by Crippen LogP contribution is -2.57. The van der Waals surface area contributed by atoms with E-state index < -0.39 is 5.60 Å². The zero-order valence-corrected chi connectivity index (χ0v) is 17.1. The van der Waals surface area contributed by atoms with Crippen molar-refractivity contribution < 1.29 is 14.3 Å². The average Bonchev–Trinajstić information content (AvgIpc) is 2.96. The molecule has 0 bridgehead atoms.